The number of hydrogen-bond donors (Lipinski definition) is 2. The van der Waals surface area contributed by atoms with Gasteiger partial charge in [0, 0.05) is 14.8 Å². The van der Waals surface area contributed by atoms with Crippen LogP contribution in [0.15, 0.2) is 42.5 Å². The normalized spacial score (nSPS) is 10.0. The number of aryl methyl sites for hydroxylation is 1. The number of nitrogens with one attached hydrogen (secondary N) is 2. The van der Waals surface area contributed by atoms with Crippen LogP contribution >= 0.6 is 34.8 Å². The van der Waals surface area contributed by atoms with Crippen LogP contribution in [-0.2, 0) is 6.42 Å². The molecule has 2 aromatic rings. The highest BCUT2D eigenvalue weighted by Crippen LogP contribution is 2.19. The first-order chi connectivity index (χ1) is 11.0. The molecule has 0 heterocycles. The molecule has 4 nitrogen and oxygen atoms in total. The van der Waals surface area contributed by atoms with Crippen molar-refractivity contribution in [1.82, 2.24) is 5.32 Å². The van der Waals surface area contributed by atoms with Gasteiger partial charge in [0.05, 0.1) is 7.11 Å². The number of rotatable bonds is 4. The van der Waals surface area contributed by atoms with Gasteiger partial charge in [0.1, 0.15) is 5.75 Å². The Morgan fingerprint density at radius 2 is 2.04 bits per heavy atom. The smallest absolute Gasteiger partial charge is 0.257 e. The number of carbonyl (C=O) groups is 1. The van der Waals surface area contributed by atoms with Crippen LogP contribution in [0.4, 0.5) is 5.69 Å². The molecule has 1 amide bonds. The number of methoxy groups -OCH3 is 1. The maximum atomic E-state index is 12.2. The molecule has 0 aliphatic carbocycles. The predicted octanol–water partition coefficient (Wildman–Crippen LogP) is 3.99. The summed E-state index contributed by atoms with van der Waals surface area (Å²) >= 11 is 7.51. The lowest BCUT2D eigenvalue weighted by Crippen LogP contribution is -2.34. The van der Waals surface area contributed by atoms with Crippen molar-refractivity contribution in [3.63, 3.8) is 0 Å². The van der Waals surface area contributed by atoms with Gasteiger partial charge in [0.2, 0.25) is 0 Å². The van der Waals surface area contributed by atoms with Gasteiger partial charge in [-0.1, -0.05) is 13.0 Å². The molecule has 2 aromatic carbocycles. The van der Waals surface area contributed by atoms with Gasteiger partial charge in [-0.25, -0.2) is 0 Å². The lowest BCUT2D eigenvalue weighted by Gasteiger charge is -2.13. The Hall–Kier alpha value is -1.67. The number of carbonyl (C=O) groups excluding carboxylic acids is 1. The Morgan fingerprint density at radius 1 is 1.26 bits per heavy atom. The van der Waals surface area contributed by atoms with Crippen LogP contribution in [0.1, 0.15) is 22.8 Å². The molecule has 0 spiro atoms. The summed E-state index contributed by atoms with van der Waals surface area (Å²) in [5, 5.41) is 6.04. The average Bonchev–Trinajstić information content (AvgIpc) is 2.56. The Balaban J connectivity index is 2.06. The first kappa shape index (κ1) is 17.7. The van der Waals surface area contributed by atoms with Crippen LogP contribution in [0.5, 0.6) is 5.75 Å². The fraction of sp³-hybridized carbons (Fsp3) is 0.176. The van der Waals surface area contributed by atoms with Crippen LogP contribution in [0, 0.1) is 3.57 Å². The molecule has 0 atom stereocenters. The Morgan fingerprint density at radius 3 is 2.74 bits per heavy atom. The summed E-state index contributed by atoms with van der Waals surface area (Å²) in [5.74, 6) is 0.354. The fourth-order valence-corrected chi connectivity index (χ4v) is 2.83. The van der Waals surface area contributed by atoms with Gasteiger partial charge in [0.25, 0.3) is 5.91 Å². The molecule has 23 heavy (non-hydrogen) atoms. The van der Waals surface area contributed by atoms with Gasteiger partial charge in [0.15, 0.2) is 5.11 Å². The molecule has 2 rings (SSSR count). The molecule has 120 valence electrons. The summed E-state index contributed by atoms with van der Waals surface area (Å²) in [6.07, 6.45) is 0.881. The van der Waals surface area contributed by atoms with Gasteiger partial charge < -0.3 is 10.1 Å². The van der Waals surface area contributed by atoms with Gasteiger partial charge in [-0.05, 0) is 83.2 Å². The second kappa shape index (κ2) is 8.26. The van der Waals surface area contributed by atoms with E-state index in [-0.39, 0.29) is 11.0 Å². The van der Waals surface area contributed by atoms with Crippen LogP contribution < -0.4 is 15.4 Å². The molecule has 0 radical (unpaired) electrons. The monoisotopic (exact) mass is 440 g/mol. The summed E-state index contributed by atoms with van der Waals surface area (Å²) in [6, 6.07) is 13.0. The zero-order chi connectivity index (χ0) is 16.8. The molecular weight excluding hydrogens is 423 g/mol. The highest BCUT2D eigenvalue weighted by molar-refractivity contribution is 14.1. The van der Waals surface area contributed by atoms with E-state index < -0.39 is 0 Å². The van der Waals surface area contributed by atoms with E-state index >= 15 is 0 Å². The molecule has 0 unspecified atom stereocenters. The molecule has 2 N–H and O–H groups in total. The third-order valence-corrected chi connectivity index (χ3v) is 4.13. The van der Waals surface area contributed by atoms with Crippen LogP contribution in [0.2, 0.25) is 0 Å². The Labute approximate surface area is 154 Å². The van der Waals surface area contributed by atoms with E-state index in [0.29, 0.717) is 11.3 Å². The number of benzene rings is 2. The number of hydrogen-bond acceptors (Lipinski definition) is 3. The van der Waals surface area contributed by atoms with Crippen LogP contribution in [0.25, 0.3) is 0 Å². The summed E-state index contributed by atoms with van der Waals surface area (Å²) < 4.78 is 6.28. The number of thiocarbonyl (C=S) groups is 1. The molecule has 0 saturated carbocycles. The third-order valence-electron chi connectivity index (χ3n) is 3.26. The van der Waals surface area contributed by atoms with E-state index in [2.05, 4.69) is 46.2 Å². The van der Waals surface area contributed by atoms with E-state index in [4.69, 9.17) is 17.0 Å². The lowest BCUT2D eigenvalue weighted by atomic mass is 10.1. The highest BCUT2D eigenvalue weighted by Gasteiger charge is 2.10. The van der Waals surface area contributed by atoms with Crippen molar-refractivity contribution < 1.29 is 9.53 Å². The minimum atomic E-state index is -0.273. The summed E-state index contributed by atoms with van der Waals surface area (Å²) in [6.45, 7) is 2.08. The summed E-state index contributed by atoms with van der Waals surface area (Å²) in [4.78, 5) is 12.2. The Kier molecular flexibility index (Phi) is 6.35. The molecule has 0 fully saturated rings. The number of amides is 1. The van der Waals surface area contributed by atoms with Gasteiger partial charge in [-0.15, -0.1) is 0 Å². The first-order valence-corrected chi connectivity index (χ1v) is 8.57. The van der Waals surface area contributed by atoms with Crippen LogP contribution in [-0.4, -0.2) is 18.1 Å². The Bertz CT molecular complexity index is 734. The van der Waals surface area contributed by atoms with E-state index in [1.165, 1.54) is 0 Å². The van der Waals surface area contributed by atoms with Crippen molar-refractivity contribution in [3.05, 3.63) is 57.2 Å². The topological polar surface area (TPSA) is 50.4 Å². The van der Waals surface area contributed by atoms with Gasteiger partial charge in [-0.3, -0.25) is 10.1 Å². The van der Waals surface area contributed by atoms with E-state index in [1.54, 1.807) is 31.4 Å². The molecular formula is C17H17IN2O2S. The van der Waals surface area contributed by atoms with E-state index in [0.717, 1.165) is 21.2 Å². The van der Waals surface area contributed by atoms with E-state index in [1.807, 2.05) is 12.1 Å². The SMILES string of the molecule is CCc1cc(I)ccc1NC(=S)NC(=O)c1cccc(OC)c1. The van der Waals surface area contributed by atoms with Crippen molar-refractivity contribution in [2.24, 2.45) is 0 Å². The molecule has 6 heteroatoms. The predicted molar refractivity (Wildman–Crippen MR) is 105 cm³/mol. The highest BCUT2D eigenvalue weighted by atomic mass is 127. The van der Waals surface area contributed by atoms with Crippen LogP contribution in [0.3, 0.4) is 0 Å². The van der Waals surface area contributed by atoms with E-state index in [9.17, 15) is 4.79 Å². The van der Waals surface area contributed by atoms with Crippen molar-refractivity contribution in [1.29, 1.82) is 0 Å². The maximum Gasteiger partial charge on any atom is 0.257 e. The van der Waals surface area contributed by atoms with Crippen molar-refractivity contribution >= 4 is 51.5 Å². The zero-order valence-corrected chi connectivity index (χ0v) is 15.8. The van der Waals surface area contributed by atoms with Gasteiger partial charge in [-0.2, -0.15) is 0 Å². The van der Waals surface area contributed by atoms with Crippen molar-refractivity contribution in [3.8, 4) is 5.75 Å². The van der Waals surface area contributed by atoms with Crippen molar-refractivity contribution in [2.45, 2.75) is 13.3 Å². The average molecular weight is 440 g/mol. The minimum Gasteiger partial charge on any atom is -0.497 e. The molecule has 0 aliphatic heterocycles. The molecule has 0 saturated heterocycles. The standard InChI is InChI=1S/C17H17IN2O2S/c1-3-11-9-13(18)7-8-15(11)19-17(23)20-16(21)12-5-4-6-14(10-12)22-2/h4-10H,3H2,1-2H3,(H2,19,20,21,23). The minimum absolute atomic E-state index is 0.272. The van der Waals surface area contributed by atoms with Crippen molar-refractivity contribution in [2.75, 3.05) is 12.4 Å². The quantitative estimate of drug-likeness (QED) is 0.558. The number of halogens is 1. The lowest BCUT2D eigenvalue weighted by molar-refractivity contribution is 0.0977. The largest absolute Gasteiger partial charge is 0.497 e. The molecule has 0 aliphatic rings. The summed E-state index contributed by atoms with van der Waals surface area (Å²) in [5.41, 5.74) is 2.55. The second-order valence-electron chi connectivity index (χ2n) is 4.80. The molecule has 0 bridgehead atoms. The number of anilines is 1. The maximum absolute atomic E-state index is 12.2. The fourth-order valence-electron chi connectivity index (χ4n) is 2.07. The van der Waals surface area contributed by atoms with Gasteiger partial charge >= 0.3 is 0 Å². The number of ether oxygens (including phenoxy) is 1. The third kappa shape index (κ3) is 4.90. The molecule has 0 aromatic heterocycles. The summed E-state index contributed by atoms with van der Waals surface area (Å²) in [7, 11) is 1.56. The zero-order valence-electron chi connectivity index (χ0n) is 12.9. The second-order valence-corrected chi connectivity index (χ2v) is 6.45. The first-order valence-electron chi connectivity index (χ1n) is 7.08.